The van der Waals surface area contributed by atoms with E-state index < -0.39 is 0 Å². The number of benzene rings is 1. The van der Waals surface area contributed by atoms with Crippen molar-refractivity contribution in [3.8, 4) is 0 Å². The molecule has 22 heavy (non-hydrogen) atoms. The van der Waals surface area contributed by atoms with Crippen molar-refractivity contribution >= 4 is 68.4 Å². The summed E-state index contributed by atoms with van der Waals surface area (Å²) in [5.74, 6) is 1.34. The van der Waals surface area contributed by atoms with Crippen LogP contribution in [0.2, 0.25) is 0 Å². The normalized spacial score (nSPS) is 18.2. The van der Waals surface area contributed by atoms with Crippen molar-refractivity contribution < 1.29 is 9.59 Å². The second-order valence-corrected chi connectivity index (χ2v) is 8.18. The number of thioether (sulfide) groups is 2. The Morgan fingerprint density at radius 2 is 1.36 bits per heavy atom. The van der Waals surface area contributed by atoms with E-state index in [4.69, 9.17) is 24.4 Å². The number of hydrogen-bond acceptors (Lipinski definition) is 6. The molecule has 0 spiro atoms. The second kappa shape index (κ2) is 6.66. The fraction of sp³-hybridized carbons (Fsp3) is 0.286. The summed E-state index contributed by atoms with van der Waals surface area (Å²) in [4.78, 5) is 28.1. The molecule has 0 unspecified atom stereocenters. The van der Waals surface area contributed by atoms with Crippen molar-refractivity contribution in [3.63, 3.8) is 0 Å². The predicted molar refractivity (Wildman–Crippen MR) is 98.6 cm³/mol. The van der Waals surface area contributed by atoms with Crippen LogP contribution >= 0.6 is 48.0 Å². The molecule has 2 amide bonds. The van der Waals surface area contributed by atoms with E-state index in [0.717, 1.165) is 11.5 Å². The minimum atomic E-state index is -0.150. The van der Waals surface area contributed by atoms with Crippen LogP contribution in [0.25, 0.3) is 0 Å². The van der Waals surface area contributed by atoms with Gasteiger partial charge in [0, 0.05) is 35.7 Å². The Hall–Kier alpha value is -0.960. The lowest BCUT2D eigenvalue weighted by Gasteiger charge is -2.17. The maximum Gasteiger partial charge on any atom is 0.259 e. The van der Waals surface area contributed by atoms with Gasteiger partial charge in [-0.25, -0.2) is 0 Å². The molecule has 2 heterocycles. The number of carbonyl (C=O) groups excluding carboxylic acids is 2. The number of carbonyl (C=O) groups is 2. The molecular formula is C14H12N2O2S4. The molecule has 0 saturated carbocycles. The predicted octanol–water partition coefficient (Wildman–Crippen LogP) is 2.63. The third-order valence-electron chi connectivity index (χ3n) is 3.37. The zero-order valence-corrected chi connectivity index (χ0v) is 14.7. The van der Waals surface area contributed by atoms with Crippen molar-refractivity contribution in [1.29, 1.82) is 0 Å². The van der Waals surface area contributed by atoms with Gasteiger partial charge in [0.2, 0.25) is 0 Å². The summed E-state index contributed by atoms with van der Waals surface area (Å²) in [6.45, 7) is 1.24. The largest absolute Gasteiger partial charge is 0.293 e. The first-order valence-electron chi connectivity index (χ1n) is 6.65. The molecular weight excluding hydrogens is 356 g/mol. The average Bonchev–Trinajstić information content (AvgIpc) is 3.14. The molecule has 1 aromatic carbocycles. The molecule has 3 rings (SSSR count). The highest BCUT2D eigenvalue weighted by Gasteiger charge is 2.28. The van der Waals surface area contributed by atoms with E-state index in [9.17, 15) is 9.59 Å². The molecule has 114 valence electrons. The summed E-state index contributed by atoms with van der Waals surface area (Å²) in [7, 11) is 0. The minimum absolute atomic E-state index is 0.150. The first kappa shape index (κ1) is 15.9. The van der Waals surface area contributed by atoms with Gasteiger partial charge in [-0.05, 0) is 18.2 Å². The third-order valence-corrected chi connectivity index (χ3v) is 6.22. The summed E-state index contributed by atoms with van der Waals surface area (Å²) >= 11 is 13.4. The number of nitrogens with zero attached hydrogens (tertiary/aromatic N) is 2. The first-order chi connectivity index (χ1) is 10.6. The molecule has 0 radical (unpaired) electrons. The Morgan fingerprint density at radius 1 is 0.909 bits per heavy atom. The van der Waals surface area contributed by atoms with Gasteiger partial charge in [-0.3, -0.25) is 19.4 Å². The molecule has 8 heteroatoms. The van der Waals surface area contributed by atoms with Crippen LogP contribution in [0.4, 0.5) is 0 Å². The van der Waals surface area contributed by atoms with Gasteiger partial charge in [0.25, 0.3) is 11.8 Å². The maximum absolute atomic E-state index is 12.5. The molecule has 2 aliphatic heterocycles. The summed E-state index contributed by atoms with van der Waals surface area (Å²) in [5.41, 5.74) is 0.960. The lowest BCUT2D eigenvalue weighted by atomic mass is 10.1. The van der Waals surface area contributed by atoms with Crippen LogP contribution in [0.3, 0.4) is 0 Å². The molecule has 0 aromatic heterocycles. The van der Waals surface area contributed by atoms with Crippen molar-refractivity contribution in [2.75, 3.05) is 24.6 Å². The summed E-state index contributed by atoms with van der Waals surface area (Å²) in [6, 6.07) is 6.77. The van der Waals surface area contributed by atoms with Crippen LogP contribution in [0.1, 0.15) is 20.7 Å². The first-order valence-corrected chi connectivity index (χ1v) is 9.44. The highest BCUT2D eigenvalue weighted by atomic mass is 32.2. The quantitative estimate of drug-likeness (QED) is 0.748. The Kier molecular flexibility index (Phi) is 4.82. The fourth-order valence-corrected chi connectivity index (χ4v) is 4.66. The third kappa shape index (κ3) is 3.05. The van der Waals surface area contributed by atoms with E-state index in [0.29, 0.717) is 32.9 Å². The van der Waals surface area contributed by atoms with Gasteiger partial charge in [-0.15, -0.1) is 0 Å². The van der Waals surface area contributed by atoms with E-state index in [-0.39, 0.29) is 11.8 Å². The summed E-state index contributed by atoms with van der Waals surface area (Å²) < 4.78 is 1.19. The Bertz CT molecular complexity index is 623. The zero-order chi connectivity index (χ0) is 15.7. The number of thiocarbonyl (C=S) groups is 2. The summed E-state index contributed by atoms with van der Waals surface area (Å²) in [5, 5.41) is 0. The second-order valence-electron chi connectivity index (χ2n) is 4.72. The maximum atomic E-state index is 12.5. The van der Waals surface area contributed by atoms with Gasteiger partial charge in [-0.1, -0.05) is 54.0 Å². The van der Waals surface area contributed by atoms with Gasteiger partial charge < -0.3 is 0 Å². The standard InChI is InChI=1S/C14H12N2O2S4/c17-11(15-4-6-21-13(15)19)9-2-1-3-10(8-9)12(18)16-5-7-22-14(16)20/h1-3,8H,4-7H2. The minimum Gasteiger partial charge on any atom is -0.293 e. The average molecular weight is 369 g/mol. The molecule has 0 atom stereocenters. The van der Waals surface area contributed by atoms with Crippen molar-refractivity contribution in [2.24, 2.45) is 0 Å². The monoisotopic (exact) mass is 368 g/mol. The molecule has 2 saturated heterocycles. The number of hydrogen-bond donors (Lipinski definition) is 0. The molecule has 2 fully saturated rings. The molecule has 0 bridgehead atoms. The van der Waals surface area contributed by atoms with Gasteiger partial charge in [0.15, 0.2) is 0 Å². The fourth-order valence-electron chi connectivity index (χ4n) is 2.25. The highest BCUT2D eigenvalue weighted by Crippen LogP contribution is 2.23. The Labute approximate surface area is 147 Å². The van der Waals surface area contributed by atoms with Crippen LogP contribution in [0.5, 0.6) is 0 Å². The molecule has 0 aliphatic carbocycles. The topological polar surface area (TPSA) is 40.6 Å². The smallest absolute Gasteiger partial charge is 0.259 e. The van der Waals surface area contributed by atoms with Crippen molar-refractivity contribution in [1.82, 2.24) is 9.80 Å². The van der Waals surface area contributed by atoms with Crippen LogP contribution in [-0.2, 0) is 0 Å². The van der Waals surface area contributed by atoms with E-state index in [2.05, 4.69) is 0 Å². The molecule has 2 aliphatic rings. The highest BCUT2D eigenvalue weighted by molar-refractivity contribution is 8.23. The van der Waals surface area contributed by atoms with Crippen LogP contribution in [-0.4, -0.2) is 54.9 Å². The van der Waals surface area contributed by atoms with Gasteiger partial charge in [-0.2, -0.15) is 0 Å². The lowest BCUT2D eigenvalue weighted by molar-refractivity contribution is 0.0861. The van der Waals surface area contributed by atoms with Gasteiger partial charge in [0.1, 0.15) is 8.64 Å². The van der Waals surface area contributed by atoms with E-state index >= 15 is 0 Å². The molecule has 0 N–H and O–H groups in total. The lowest BCUT2D eigenvalue weighted by Crippen LogP contribution is -2.32. The van der Waals surface area contributed by atoms with Crippen LogP contribution in [0.15, 0.2) is 24.3 Å². The summed E-state index contributed by atoms with van der Waals surface area (Å²) in [6.07, 6.45) is 0. The van der Waals surface area contributed by atoms with E-state index in [1.807, 2.05) is 0 Å². The van der Waals surface area contributed by atoms with E-state index in [1.165, 1.54) is 23.5 Å². The number of amides is 2. The molecule has 1 aromatic rings. The zero-order valence-electron chi connectivity index (χ0n) is 11.5. The number of rotatable bonds is 2. The molecule has 4 nitrogen and oxygen atoms in total. The van der Waals surface area contributed by atoms with E-state index in [1.54, 1.807) is 34.1 Å². The Balaban J connectivity index is 1.83. The van der Waals surface area contributed by atoms with Gasteiger partial charge >= 0.3 is 0 Å². The van der Waals surface area contributed by atoms with Crippen LogP contribution < -0.4 is 0 Å². The Morgan fingerprint density at radius 3 is 1.73 bits per heavy atom. The SMILES string of the molecule is O=C(c1cccc(C(=O)N2CCSC2=S)c1)N1CCSC1=S. The van der Waals surface area contributed by atoms with Crippen LogP contribution in [0, 0.1) is 0 Å². The van der Waals surface area contributed by atoms with Gasteiger partial charge in [0.05, 0.1) is 0 Å². The van der Waals surface area contributed by atoms with Crippen molar-refractivity contribution in [2.45, 2.75) is 0 Å². The van der Waals surface area contributed by atoms with Crippen molar-refractivity contribution in [3.05, 3.63) is 35.4 Å².